The molecule has 2 rings (SSSR count). The maximum absolute atomic E-state index is 12.0. The van der Waals surface area contributed by atoms with Crippen LogP contribution in [0.2, 0.25) is 5.02 Å². The lowest BCUT2D eigenvalue weighted by atomic mass is 10.1. The second-order valence-corrected chi connectivity index (χ2v) is 4.66. The number of aryl methyl sites for hydroxylation is 2. The number of halogens is 1. The number of nitrogens with zero attached hydrogens (tertiary/aromatic N) is 2. The van der Waals surface area contributed by atoms with Crippen molar-refractivity contribution in [2.45, 2.75) is 20.4 Å². The molecule has 0 fully saturated rings. The van der Waals surface area contributed by atoms with Crippen molar-refractivity contribution in [1.82, 2.24) is 9.78 Å². The van der Waals surface area contributed by atoms with Crippen LogP contribution in [0.4, 0.5) is 0 Å². The highest BCUT2D eigenvalue weighted by Gasteiger charge is 2.06. The molecule has 0 amide bonds. The summed E-state index contributed by atoms with van der Waals surface area (Å²) >= 11 is 6.03. The lowest BCUT2D eigenvalue weighted by Gasteiger charge is -2.00. The smallest absolute Gasteiger partial charge is 0.185 e. The minimum absolute atomic E-state index is 0.0417. The molecule has 0 N–H and O–H groups in total. The summed E-state index contributed by atoms with van der Waals surface area (Å²) in [5.74, 6) is -0.0417. The highest BCUT2D eigenvalue weighted by atomic mass is 35.5. The zero-order valence-corrected chi connectivity index (χ0v) is 11.7. The Morgan fingerprint density at radius 2 is 2.05 bits per heavy atom. The van der Waals surface area contributed by atoms with Crippen molar-refractivity contribution < 1.29 is 4.79 Å². The van der Waals surface area contributed by atoms with Crippen LogP contribution in [-0.2, 0) is 6.54 Å². The fraction of sp³-hybridized carbons (Fsp3) is 0.200. The molecular weight excluding hydrogens is 260 g/mol. The third kappa shape index (κ3) is 3.12. The van der Waals surface area contributed by atoms with Gasteiger partial charge in [0.25, 0.3) is 0 Å². The molecule has 2 aromatic rings. The van der Waals surface area contributed by atoms with E-state index in [1.54, 1.807) is 17.0 Å². The molecule has 0 bridgehead atoms. The predicted octanol–water partition coefficient (Wildman–Crippen LogP) is 3.76. The van der Waals surface area contributed by atoms with E-state index in [-0.39, 0.29) is 5.78 Å². The van der Waals surface area contributed by atoms with Crippen LogP contribution in [0.5, 0.6) is 0 Å². The summed E-state index contributed by atoms with van der Waals surface area (Å²) in [6.45, 7) is 4.68. The van der Waals surface area contributed by atoms with Crippen LogP contribution in [0.25, 0.3) is 6.08 Å². The Morgan fingerprint density at radius 1 is 1.37 bits per heavy atom. The lowest BCUT2D eigenvalue weighted by molar-refractivity contribution is 0.104. The highest BCUT2D eigenvalue weighted by molar-refractivity contribution is 6.31. The molecular formula is C15H15ClN2O. The van der Waals surface area contributed by atoms with Gasteiger partial charge in [0.15, 0.2) is 5.78 Å². The second kappa shape index (κ2) is 5.85. The number of aromatic nitrogens is 2. The van der Waals surface area contributed by atoms with Gasteiger partial charge in [-0.3, -0.25) is 9.48 Å². The normalized spacial score (nSPS) is 11.1. The molecule has 0 atom stereocenters. The molecule has 19 heavy (non-hydrogen) atoms. The van der Waals surface area contributed by atoms with Crippen molar-refractivity contribution in [2.75, 3.05) is 0 Å². The Labute approximate surface area is 117 Å². The van der Waals surface area contributed by atoms with Gasteiger partial charge < -0.3 is 0 Å². The summed E-state index contributed by atoms with van der Waals surface area (Å²) in [5.41, 5.74) is 2.55. The standard InChI is InChI=1S/C15H15ClN2O/c1-3-18-14(13(16)10-17-18)8-9-15(19)12-6-4-11(2)5-7-12/h4-10H,3H2,1-2H3. The topological polar surface area (TPSA) is 34.9 Å². The lowest BCUT2D eigenvalue weighted by Crippen LogP contribution is -1.99. The van der Waals surface area contributed by atoms with Crippen LogP contribution in [-0.4, -0.2) is 15.6 Å². The van der Waals surface area contributed by atoms with Gasteiger partial charge in [0.2, 0.25) is 0 Å². The van der Waals surface area contributed by atoms with Crippen LogP contribution in [0.15, 0.2) is 36.5 Å². The summed E-state index contributed by atoms with van der Waals surface area (Å²) in [7, 11) is 0. The van der Waals surface area contributed by atoms with Crippen LogP contribution in [0, 0.1) is 6.92 Å². The maximum atomic E-state index is 12.0. The molecule has 98 valence electrons. The molecule has 0 saturated heterocycles. The van der Waals surface area contributed by atoms with E-state index in [0.29, 0.717) is 17.1 Å². The van der Waals surface area contributed by atoms with Gasteiger partial charge in [-0.15, -0.1) is 0 Å². The van der Waals surface area contributed by atoms with E-state index < -0.39 is 0 Å². The number of rotatable bonds is 4. The van der Waals surface area contributed by atoms with Crippen molar-refractivity contribution in [3.05, 3.63) is 58.4 Å². The first-order chi connectivity index (χ1) is 9.11. The van der Waals surface area contributed by atoms with Crippen LogP contribution in [0.3, 0.4) is 0 Å². The van der Waals surface area contributed by atoms with Gasteiger partial charge in [0.05, 0.1) is 16.9 Å². The zero-order chi connectivity index (χ0) is 13.8. The average molecular weight is 275 g/mol. The van der Waals surface area contributed by atoms with Gasteiger partial charge in [-0.1, -0.05) is 41.4 Å². The van der Waals surface area contributed by atoms with E-state index in [9.17, 15) is 4.79 Å². The average Bonchev–Trinajstić information content (AvgIpc) is 2.77. The van der Waals surface area contributed by atoms with E-state index in [4.69, 9.17) is 11.6 Å². The van der Waals surface area contributed by atoms with Crippen molar-refractivity contribution in [3.8, 4) is 0 Å². The van der Waals surface area contributed by atoms with Gasteiger partial charge in [-0.2, -0.15) is 5.10 Å². The number of hydrogen-bond acceptors (Lipinski definition) is 2. The number of benzene rings is 1. The minimum atomic E-state index is -0.0417. The van der Waals surface area contributed by atoms with Crippen molar-refractivity contribution >= 4 is 23.5 Å². The molecule has 0 aliphatic heterocycles. The first-order valence-corrected chi connectivity index (χ1v) is 6.50. The van der Waals surface area contributed by atoms with E-state index in [0.717, 1.165) is 11.3 Å². The monoisotopic (exact) mass is 274 g/mol. The van der Waals surface area contributed by atoms with Crippen molar-refractivity contribution in [1.29, 1.82) is 0 Å². The zero-order valence-electron chi connectivity index (χ0n) is 10.9. The Bertz CT molecular complexity index is 612. The van der Waals surface area contributed by atoms with Crippen LogP contribution < -0.4 is 0 Å². The Hall–Kier alpha value is -1.87. The van der Waals surface area contributed by atoms with Gasteiger partial charge in [0.1, 0.15) is 0 Å². The minimum Gasteiger partial charge on any atom is -0.289 e. The molecule has 0 aliphatic carbocycles. The molecule has 4 heteroatoms. The Kier molecular flexibility index (Phi) is 4.17. The van der Waals surface area contributed by atoms with Gasteiger partial charge in [-0.05, 0) is 26.0 Å². The SMILES string of the molecule is CCn1ncc(Cl)c1C=CC(=O)c1ccc(C)cc1. The second-order valence-electron chi connectivity index (χ2n) is 4.26. The van der Waals surface area contributed by atoms with Crippen molar-refractivity contribution in [2.24, 2.45) is 0 Å². The molecule has 1 heterocycles. The summed E-state index contributed by atoms with van der Waals surface area (Å²) in [6.07, 6.45) is 4.82. The molecule has 1 aromatic carbocycles. The summed E-state index contributed by atoms with van der Waals surface area (Å²) in [5, 5.41) is 4.67. The van der Waals surface area contributed by atoms with Gasteiger partial charge >= 0.3 is 0 Å². The Morgan fingerprint density at radius 3 is 2.68 bits per heavy atom. The molecule has 0 aliphatic rings. The summed E-state index contributed by atoms with van der Waals surface area (Å²) < 4.78 is 1.75. The summed E-state index contributed by atoms with van der Waals surface area (Å²) in [6, 6.07) is 7.48. The van der Waals surface area contributed by atoms with Gasteiger partial charge in [-0.25, -0.2) is 0 Å². The third-order valence-corrected chi connectivity index (χ3v) is 3.15. The molecule has 1 aromatic heterocycles. The number of hydrogen-bond donors (Lipinski definition) is 0. The van der Waals surface area contributed by atoms with E-state index >= 15 is 0 Å². The van der Waals surface area contributed by atoms with Gasteiger partial charge in [0, 0.05) is 12.1 Å². The number of carbonyl (C=O) groups is 1. The molecule has 3 nitrogen and oxygen atoms in total. The molecule has 0 radical (unpaired) electrons. The maximum Gasteiger partial charge on any atom is 0.185 e. The van der Waals surface area contributed by atoms with E-state index in [2.05, 4.69) is 5.10 Å². The van der Waals surface area contributed by atoms with E-state index in [1.807, 2.05) is 38.1 Å². The molecule has 0 saturated carbocycles. The fourth-order valence-corrected chi connectivity index (χ4v) is 1.96. The summed E-state index contributed by atoms with van der Waals surface area (Å²) in [4.78, 5) is 12.0. The van der Waals surface area contributed by atoms with Crippen LogP contribution >= 0.6 is 11.6 Å². The quantitative estimate of drug-likeness (QED) is 0.628. The first kappa shape index (κ1) is 13.6. The van der Waals surface area contributed by atoms with Crippen molar-refractivity contribution in [3.63, 3.8) is 0 Å². The number of carbonyl (C=O) groups excluding carboxylic acids is 1. The fourth-order valence-electron chi connectivity index (χ4n) is 1.76. The number of ketones is 1. The third-order valence-electron chi connectivity index (χ3n) is 2.86. The Balaban J connectivity index is 2.20. The van der Waals surface area contributed by atoms with Crippen LogP contribution in [0.1, 0.15) is 28.5 Å². The predicted molar refractivity (Wildman–Crippen MR) is 77.5 cm³/mol. The highest BCUT2D eigenvalue weighted by Crippen LogP contribution is 2.17. The molecule has 0 spiro atoms. The van der Waals surface area contributed by atoms with E-state index in [1.165, 1.54) is 6.08 Å². The molecule has 0 unspecified atom stereocenters. The number of allylic oxidation sites excluding steroid dienone is 1. The largest absolute Gasteiger partial charge is 0.289 e. The first-order valence-electron chi connectivity index (χ1n) is 6.12.